The lowest BCUT2D eigenvalue weighted by atomic mass is 9.98. The number of carbonyl (C=O) groups excluding carboxylic acids is 1. The van der Waals surface area contributed by atoms with E-state index in [4.69, 9.17) is 9.26 Å². The zero-order chi connectivity index (χ0) is 23.7. The van der Waals surface area contributed by atoms with Crippen LogP contribution in [0.3, 0.4) is 0 Å². The first-order valence-corrected chi connectivity index (χ1v) is 11.6. The van der Waals surface area contributed by atoms with Gasteiger partial charge in [0.1, 0.15) is 17.0 Å². The molecule has 1 aliphatic carbocycles. The van der Waals surface area contributed by atoms with Crippen LogP contribution in [0.5, 0.6) is 0 Å². The molecule has 0 saturated heterocycles. The molecule has 34 heavy (non-hydrogen) atoms. The molecule has 0 aliphatic heterocycles. The molecule has 0 bridgehead atoms. The molecule has 3 aromatic carbocycles. The van der Waals surface area contributed by atoms with E-state index in [1.54, 1.807) is 6.92 Å². The van der Waals surface area contributed by atoms with Gasteiger partial charge in [-0.2, -0.15) is 0 Å². The average molecular weight is 453 g/mol. The van der Waals surface area contributed by atoms with Crippen LogP contribution in [0.1, 0.15) is 49.5 Å². The molecule has 1 saturated carbocycles. The van der Waals surface area contributed by atoms with Gasteiger partial charge in [0.2, 0.25) is 0 Å². The zero-order valence-electron chi connectivity index (χ0n) is 19.7. The highest BCUT2D eigenvalue weighted by molar-refractivity contribution is 5.91. The van der Waals surface area contributed by atoms with Crippen LogP contribution in [-0.2, 0) is 10.3 Å². The van der Waals surface area contributed by atoms with E-state index in [2.05, 4.69) is 46.9 Å². The highest BCUT2D eigenvalue weighted by Crippen LogP contribution is 2.40. The lowest BCUT2D eigenvalue weighted by Gasteiger charge is -2.25. The van der Waals surface area contributed by atoms with E-state index in [0.717, 1.165) is 22.6 Å². The van der Waals surface area contributed by atoms with E-state index in [9.17, 15) is 4.79 Å². The second-order valence-corrected chi connectivity index (χ2v) is 9.33. The van der Waals surface area contributed by atoms with Crippen LogP contribution in [0.2, 0.25) is 0 Å². The number of hydrogen-bond donors (Lipinski definition) is 1. The Bertz CT molecular complexity index is 1290. The van der Waals surface area contributed by atoms with Crippen LogP contribution in [0.4, 0.5) is 10.5 Å². The summed E-state index contributed by atoms with van der Waals surface area (Å²) in [5, 5.41) is 7.02. The minimum Gasteiger partial charge on any atom is -0.438 e. The monoisotopic (exact) mass is 452 g/mol. The topological polar surface area (TPSA) is 64.4 Å². The van der Waals surface area contributed by atoms with E-state index >= 15 is 0 Å². The second kappa shape index (κ2) is 8.82. The van der Waals surface area contributed by atoms with Crippen molar-refractivity contribution in [1.29, 1.82) is 0 Å². The summed E-state index contributed by atoms with van der Waals surface area (Å²) in [4.78, 5) is 12.8. The van der Waals surface area contributed by atoms with Gasteiger partial charge in [0.25, 0.3) is 0 Å². The SMILES string of the molecule is Cc1onc(-c2ccc(-c3ccc(C4CC4)cc3)cc2)c1NC(=O)OC(C)(C)c1ccccc1. The van der Waals surface area contributed by atoms with Crippen molar-refractivity contribution in [3.8, 4) is 22.4 Å². The molecule has 0 atom stereocenters. The van der Waals surface area contributed by atoms with Crippen LogP contribution in [0, 0.1) is 6.92 Å². The Kier molecular flexibility index (Phi) is 5.70. The molecular formula is C29H28N2O3. The summed E-state index contributed by atoms with van der Waals surface area (Å²) in [5.74, 6) is 1.27. The van der Waals surface area contributed by atoms with E-state index in [1.807, 2.05) is 56.3 Å². The summed E-state index contributed by atoms with van der Waals surface area (Å²) < 4.78 is 11.1. The molecule has 1 N–H and O–H groups in total. The molecule has 1 aliphatic rings. The third-order valence-corrected chi connectivity index (χ3v) is 6.36. The molecule has 0 radical (unpaired) electrons. The number of nitrogens with one attached hydrogen (secondary N) is 1. The van der Waals surface area contributed by atoms with Gasteiger partial charge >= 0.3 is 6.09 Å². The summed E-state index contributed by atoms with van der Waals surface area (Å²) in [6, 6.07) is 26.6. The number of hydrogen-bond acceptors (Lipinski definition) is 4. The van der Waals surface area contributed by atoms with Gasteiger partial charge < -0.3 is 9.26 Å². The van der Waals surface area contributed by atoms with E-state index < -0.39 is 11.7 Å². The van der Waals surface area contributed by atoms with E-state index in [1.165, 1.54) is 24.0 Å². The van der Waals surface area contributed by atoms with Gasteiger partial charge in [-0.3, -0.25) is 5.32 Å². The van der Waals surface area contributed by atoms with Crippen LogP contribution in [0.15, 0.2) is 83.4 Å². The number of anilines is 1. The molecular weight excluding hydrogens is 424 g/mol. The minimum absolute atomic E-state index is 0.510. The fraction of sp³-hybridized carbons (Fsp3) is 0.241. The normalized spacial score (nSPS) is 13.5. The van der Waals surface area contributed by atoms with Crippen molar-refractivity contribution in [2.75, 3.05) is 5.32 Å². The van der Waals surface area contributed by atoms with E-state index in [-0.39, 0.29) is 0 Å². The first-order chi connectivity index (χ1) is 16.4. The molecule has 1 heterocycles. The summed E-state index contributed by atoms with van der Waals surface area (Å²) in [7, 11) is 0. The predicted molar refractivity (Wildman–Crippen MR) is 134 cm³/mol. The van der Waals surface area contributed by atoms with E-state index in [0.29, 0.717) is 17.1 Å². The van der Waals surface area contributed by atoms with Crippen molar-refractivity contribution in [3.05, 3.63) is 95.7 Å². The van der Waals surface area contributed by atoms with Crippen LogP contribution >= 0.6 is 0 Å². The number of aryl methyl sites for hydroxylation is 1. The van der Waals surface area contributed by atoms with Gasteiger partial charge in [0.15, 0.2) is 5.76 Å². The summed E-state index contributed by atoms with van der Waals surface area (Å²) in [6.07, 6.45) is 2.05. The molecule has 0 spiro atoms. The summed E-state index contributed by atoms with van der Waals surface area (Å²) >= 11 is 0. The lowest BCUT2D eigenvalue weighted by Crippen LogP contribution is -2.28. The first-order valence-electron chi connectivity index (χ1n) is 11.6. The maximum Gasteiger partial charge on any atom is 0.412 e. The van der Waals surface area contributed by atoms with Gasteiger partial charge in [-0.15, -0.1) is 0 Å². The number of aromatic nitrogens is 1. The Morgan fingerprint density at radius 1 is 0.912 bits per heavy atom. The smallest absolute Gasteiger partial charge is 0.412 e. The standard InChI is InChI=1S/C29H28N2O3/c1-19-26(30-28(32)33-29(2,3)25-7-5-4-6-8-25)27(31-34-19)24-17-15-23(16-18-24)22-13-11-21(12-14-22)20-9-10-20/h4-8,11-18,20H,9-10H2,1-3H3,(H,30,32). The lowest BCUT2D eigenvalue weighted by molar-refractivity contribution is 0.0466. The third kappa shape index (κ3) is 4.60. The molecule has 172 valence electrons. The number of nitrogens with zero attached hydrogens (tertiary/aromatic N) is 1. The minimum atomic E-state index is -0.784. The van der Waals surface area contributed by atoms with Crippen molar-refractivity contribution in [1.82, 2.24) is 5.16 Å². The number of rotatable bonds is 6. The van der Waals surface area contributed by atoms with Gasteiger partial charge in [-0.1, -0.05) is 84.0 Å². The Hall–Kier alpha value is -3.86. The fourth-order valence-corrected chi connectivity index (χ4v) is 4.16. The maximum absolute atomic E-state index is 12.8. The number of ether oxygens (including phenoxy) is 1. The molecule has 1 aromatic heterocycles. The highest BCUT2D eigenvalue weighted by Gasteiger charge is 2.27. The Balaban J connectivity index is 1.32. The molecule has 1 fully saturated rings. The van der Waals surface area contributed by atoms with Gasteiger partial charge in [-0.05, 0) is 61.8 Å². The van der Waals surface area contributed by atoms with Crippen molar-refractivity contribution in [2.45, 2.75) is 45.1 Å². The van der Waals surface area contributed by atoms with Crippen LogP contribution in [0.25, 0.3) is 22.4 Å². The second-order valence-electron chi connectivity index (χ2n) is 9.33. The largest absolute Gasteiger partial charge is 0.438 e. The zero-order valence-corrected chi connectivity index (χ0v) is 19.7. The Morgan fingerprint density at radius 2 is 1.50 bits per heavy atom. The number of amides is 1. The Morgan fingerprint density at radius 3 is 2.12 bits per heavy atom. The highest BCUT2D eigenvalue weighted by atomic mass is 16.6. The average Bonchev–Trinajstić information content (AvgIpc) is 3.64. The molecule has 5 rings (SSSR count). The summed E-state index contributed by atoms with van der Waals surface area (Å²) in [6.45, 7) is 5.49. The van der Waals surface area contributed by atoms with Crippen molar-refractivity contribution in [3.63, 3.8) is 0 Å². The Labute approximate surface area is 199 Å². The summed E-state index contributed by atoms with van der Waals surface area (Å²) in [5.41, 5.74) is 5.80. The van der Waals surface area contributed by atoms with Gasteiger partial charge in [-0.25, -0.2) is 4.79 Å². The predicted octanol–water partition coefficient (Wildman–Crippen LogP) is 7.68. The third-order valence-electron chi connectivity index (χ3n) is 6.36. The molecule has 0 unspecified atom stereocenters. The van der Waals surface area contributed by atoms with Crippen molar-refractivity contribution < 1.29 is 14.1 Å². The molecule has 1 amide bonds. The molecule has 5 nitrogen and oxygen atoms in total. The quantitative estimate of drug-likeness (QED) is 0.326. The number of carbonyl (C=O) groups is 1. The number of benzene rings is 3. The molecule has 5 heteroatoms. The fourth-order valence-electron chi connectivity index (χ4n) is 4.16. The first kappa shape index (κ1) is 22.0. The van der Waals surface area contributed by atoms with Crippen molar-refractivity contribution >= 4 is 11.8 Å². The maximum atomic E-state index is 12.8. The van der Waals surface area contributed by atoms with Crippen molar-refractivity contribution in [2.24, 2.45) is 0 Å². The van der Waals surface area contributed by atoms with Gasteiger partial charge in [0.05, 0.1) is 0 Å². The van der Waals surface area contributed by atoms with Crippen LogP contribution in [-0.4, -0.2) is 11.2 Å². The van der Waals surface area contributed by atoms with Crippen LogP contribution < -0.4 is 5.32 Å². The van der Waals surface area contributed by atoms with Gasteiger partial charge in [0, 0.05) is 5.56 Å². The molecule has 4 aromatic rings.